The Kier molecular flexibility index (Phi) is 5.14. The molecular formula is C17H17N3O2. The summed E-state index contributed by atoms with van der Waals surface area (Å²) in [6, 6.07) is 15.2. The number of para-hydroxylation sites is 1. The van der Waals surface area contributed by atoms with Crippen molar-refractivity contribution in [3.63, 3.8) is 0 Å². The lowest BCUT2D eigenvalue weighted by atomic mass is 10.2. The molecule has 0 aliphatic carbocycles. The van der Waals surface area contributed by atoms with Gasteiger partial charge in [0.2, 0.25) is 6.04 Å². The fraction of sp³-hybridized carbons (Fsp3) is 0.176. The van der Waals surface area contributed by atoms with E-state index in [0.29, 0.717) is 11.4 Å². The maximum absolute atomic E-state index is 12.2. The molecule has 2 aromatic rings. The number of hydrogen-bond acceptors (Lipinski definition) is 4. The number of carbonyl (C=O) groups excluding carboxylic acids is 2. The fourth-order valence-corrected chi connectivity index (χ4v) is 1.85. The highest BCUT2D eigenvalue weighted by Crippen LogP contribution is 2.18. The molecule has 0 bridgehead atoms. The molecule has 0 heterocycles. The maximum atomic E-state index is 12.2. The molecule has 22 heavy (non-hydrogen) atoms. The van der Waals surface area contributed by atoms with Gasteiger partial charge in [-0.2, -0.15) is 10.2 Å². The van der Waals surface area contributed by atoms with E-state index < -0.39 is 11.9 Å². The highest BCUT2D eigenvalue weighted by atomic mass is 16.2. The molecular weight excluding hydrogens is 278 g/mol. The van der Waals surface area contributed by atoms with Crippen molar-refractivity contribution in [2.75, 3.05) is 5.32 Å². The molecule has 0 aliphatic heterocycles. The Morgan fingerprint density at radius 2 is 1.64 bits per heavy atom. The summed E-state index contributed by atoms with van der Waals surface area (Å²) in [6.07, 6.45) is 0. The summed E-state index contributed by atoms with van der Waals surface area (Å²) in [5.41, 5.74) is 2.18. The zero-order valence-corrected chi connectivity index (χ0v) is 12.5. The first-order chi connectivity index (χ1) is 10.6. The minimum atomic E-state index is -1.15. The van der Waals surface area contributed by atoms with Crippen LogP contribution in [-0.4, -0.2) is 17.7 Å². The minimum Gasteiger partial charge on any atom is -0.324 e. The predicted octanol–water partition coefficient (Wildman–Crippen LogP) is 3.68. The average Bonchev–Trinajstić information content (AvgIpc) is 2.50. The summed E-state index contributed by atoms with van der Waals surface area (Å²) in [6.45, 7) is 3.22. The molecule has 0 fully saturated rings. The number of benzene rings is 2. The smallest absolute Gasteiger partial charge is 0.258 e. The second-order valence-corrected chi connectivity index (χ2v) is 4.87. The molecule has 112 valence electrons. The van der Waals surface area contributed by atoms with Gasteiger partial charge < -0.3 is 5.32 Å². The molecule has 2 rings (SSSR count). The highest BCUT2D eigenvalue weighted by molar-refractivity contribution is 6.10. The lowest BCUT2D eigenvalue weighted by Gasteiger charge is -2.09. The van der Waals surface area contributed by atoms with Crippen LogP contribution in [-0.2, 0) is 9.59 Å². The third-order valence-electron chi connectivity index (χ3n) is 3.07. The summed E-state index contributed by atoms with van der Waals surface area (Å²) >= 11 is 0. The van der Waals surface area contributed by atoms with Gasteiger partial charge in [0.05, 0.1) is 5.69 Å². The zero-order chi connectivity index (χ0) is 15.9. The highest BCUT2D eigenvalue weighted by Gasteiger charge is 2.23. The van der Waals surface area contributed by atoms with Gasteiger partial charge in [-0.1, -0.05) is 36.4 Å². The van der Waals surface area contributed by atoms with Crippen LogP contribution in [0.25, 0.3) is 0 Å². The van der Waals surface area contributed by atoms with E-state index >= 15 is 0 Å². The van der Waals surface area contributed by atoms with Gasteiger partial charge in [0, 0.05) is 5.69 Å². The van der Waals surface area contributed by atoms with Crippen LogP contribution in [0.1, 0.15) is 12.5 Å². The van der Waals surface area contributed by atoms with Crippen LogP contribution in [0.3, 0.4) is 0 Å². The van der Waals surface area contributed by atoms with Gasteiger partial charge in [-0.3, -0.25) is 9.59 Å². The number of azo groups is 1. The number of nitrogens with zero attached hydrogens (tertiary/aromatic N) is 2. The van der Waals surface area contributed by atoms with Gasteiger partial charge in [0.25, 0.3) is 5.91 Å². The third-order valence-corrected chi connectivity index (χ3v) is 3.07. The molecule has 2 aromatic carbocycles. The van der Waals surface area contributed by atoms with Crippen LogP contribution in [0.2, 0.25) is 0 Å². The van der Waals surface area contributed by atoms with Crippen molar-refractivity contribution in [2.24, 2.45) is 10.2 Å². The SMILES string of the molecule is CC(=O)C(/N=N/c1ccccc1C)C(=O)Nc1ccccc1. The Hall–Kier alpha value is -2.82. The second kappa shape index (κ2) is 7.26. The van der Waals surface area contributed by atoms with Crippen molar-refractivity contribution in [3.05, 3.63) is 60.2 Å². The van der Waals surface area contributed by atoms with Crippen molar-refractivity contribution >= 4 is 23.1 Å². The monoisotopic (exact) mass is 295 g/mol. The van der Waals surface area contributed by atoms with Gasteiger partial charge in [-0.25, -0.2) is 0 Å². The van der Waals surface area contributed by atoms with Crippen LogP contribution in [0.4, 0.5) is 11.4 Å². The molecule has 5 nitrogen and oxygen atoms in total. The van der Waals surface area contributed by atoms with E-state index in [9.17, 15) is 9.59 Å². The zero-order valence-electron chi connectivity index (χ0n) is 12.5. The van der Waals surface area contributed by atoms with Crippen molar-refractivity contribution in [1.29, 1.82) is 0 Å². The number of hydrogen-bond donors (Lipinski definition) is 1. The summed E-state index contributed by atoms with van der Waals surface area (Å²) in [4.78, 5) is 23.8. The molecule has 1 unspecified atom stereocenters. The number of ketones is 1. The number of amides is 1. The summed E-state index contributed by atoms with van der Waals surface area (Å²) in [5, 5.41) is 10.6. The summed E-state index contributed by atoms with van der Waals surface area (Å²) < 4.78 is 0. The standard InChI is InChI=1S/C17H17N3O2/c1-12-8-6-7-11-15(12)19-20-16(13(2)21)17(22)18-14-9-4-3-5-10-14/h3-11,16H,1-2H3,(H,18,22)/b20-19+. The molecule has 1 N–H and O–H groups in total. The molecule has 5 heteroatoms. The molecule has 1 amide bonds. The first-order valence-electron chi connectivity index (χ1n) is 6.91. The average molecular weight is 295 g/mol. The van der Waals surface area contributed by atoms with Gasteiger partial charge >= 0.3 is 0 Å². The van der Waals surface area contributed by atoms with E-state index in [1.54, 1.807) is 30.3 Å². The molecule has 0 saturated carbocycles. The van der Waals surface area contributed by atoms with Gasteiger partial charge in [-0.05, 0) is 37.6 Å². The maximum Gasteiger partial charge on any atom is 0.258 e. The molecule has 0 aromatic heterocycles. The molecule has 0 spiro atoms. The topological polar surface area (TPSA) is 70.9 Å². The van der Waals surface area contributed by atoms with E-state index in [2.05, 4.69) is 15.5 Å². The van der Waals surface area contributed by atoms with Crippen LogP contribution in [0.15, 0.2) is 64.8 Å². The lowest BCUT2D eigenvalue weighted by Crippen LogP contribution is -2.31. The molecule has 0 saturated heterocycles. The number of Topliss-reactive ketones (excluding diaryl/α,β-unsaturated/α-hetero) is 1. The summed E-state index contributed by atoms with van der Waals surface area (Å²) in [7, 11) is 0. The largest absolute Gasteiger partial charge is 0.324 e. The van der Waals surface area contributed by atoms with Crippen LogP contribution >= 0.6 is 0 Å². The number of nitrogens with one attached hydrogen (secondary N) is 1. The first kappa shape index (κ1) is 15.6. The normalized spacial score (nSPS) is 12.1. The molecule has 1 atom stereocenters. The first-order valence-corrected chi connectivity index (χ1v) is 6.91. The van der Waals surface area contributed by atoms with E-state index in [1.807, 2.05) is 31.2 Å². The minimum absolute atomic E-state index is 0.356. The number of aryl methyl sites for hydroxylation is 1. The van der Waals surface area contributed by atoms with Crippen molar-refractivity contribution < 1.29 is 9.59 Å². The molecule has 0 radical (unpaired) electrons. The lowest BCUT2D eigenvalue weighted by molar-refractivity contribution is -0.126. The second-order valence-electron chi connectivity index (χ2n) is 4.87. The predicted molar refractivity (Wildman–Crippen MR) is 85.2 cm³/mol. The van der Waals surface area contributed by atoms with Gasteiger partial charge in [-0.15, -0.1) is 0 Å². The summed E-state index contributed by atoms with van der Waals surface area (Å²) in [5.74, 6) is -0.846. The van der Waals surface area contributed by atoms with Gasteiger partial charge in [0.1, 0.15) is 0 Å². The van der Waals surface area contributed by atoms with Crippen LogP contribution in [0, 0.1) is 6.92 Å². The Morgan fingerprint density at radius 1 is 1.00 bits per heavy atom. The van der Waals surface area contributed by atoms with Crippen molar-refractivity contribution in [2.45, 2.75) is 19.9 Å². The van der Waals surface area contributed by atoms with E-state index in [4.69, 9.17) is 0 Å². The molecule has 0 aliphatic rings. The Bertz CT molecular complexity index is 696. The van der Waals surface area contributed by atoms with Crippen molar-refractivity contribution in [1.82, 2.24) is 0 Å². The third kappa shape index (κ3) is 4.09. The Balaban J connectivity index is 2.15. The van der Waals surface area contributed by atoms with Gasteiger partial charge in [0.15, 0.2) is 5.78 Å². The van der Waals surface area contributed by atoms with Crippen LogP contribution < -0.4 is 5.32 Å². The van der Waals surface area contributed by atoms with E-state index in [-0.39, 0.29) is 5.78 Å². The Labute approximate surface area is 129 Å². The van der Waals surface area contributed by atoms with Crippen LogP contribution in [0.5, 0.6) is 0 Å². The van der Waals surface area contributed by atoms with Crippen molar-refractivity contribution in [3.8, 4) is 0 Å². The van der Waals surface area contributed by atoms with E-state index in [0.717, 1.165) is 5.56 Å². The fourth-order valence-electron chi connectivity index (χ4n) is 1.85. The number of rotatable bonds is 5. The Morgan fingerprint density at radius 3 is 2.27 bits per heavy atom. The number of carbonyl (C=O) groups is 2. The van der Waals surface area contributed by atoms with E-state index in [1.165, 1.54) is 6.92 Å². The number of anilines is 1. The quantitative estimate of drug-likeness (QED) is 0.675.